The van der Waals surface area contributed by atoms with Crippen LogP contribution in [0.4, 0.5) is 11.6 Å². The number of rotatable bonds is 2. The first-order chi connectivity index (χ1) is 8.04. The van der Waals surface area contributed by atoms with E-state index in [1.54, 1.807) is 12.3 Å². The number of benzene rings is 1. The molecule has 0 radical (unpaired) electrons. The third-order valence-corrected chi connectivity index (χ3v) is 3.31. The van der Waals surface area contributed by atoms with Crippen LogP contribution in [0.2, 0.25) is 10.2 Å². The van der Waals surface area contributed by atoms with Gasteiger partial charge in [0.25, 0.3) is 0 Å². The third kappa shape index (κ3) is 3.31. The molecule has 1 aromatic heterocycles. The van der Waals surface area contributed by atoms with Gasteiger partial charge in [0.05, 0.1) is 4.47 Å². The molecule has 0 atom stereocenters. The van der Waals surface area contributed by atoms with Gasteiger partial charge in [-0.05, 0) is 46.6 Å². The van der Waals surface area contributed by atoms with E-state index < -0.39 is 0 Å². The van der Waals surface area contributed by atoms with Crippen molar-refractivity contribution < 1.29 is 0 Å². The highest BCUT2D eigenvalue weighted by Crippen LogP contribution is 2.23. The van der Waals surface area contributed by atoms with Gasteiger partial charge < -0.3 is 5.32 Å². The molecule has 2 aromatic rings. The quantitative estimate of drug-likeness (QED) is 0.817. The lowest BCUT2D eigenvalue weighted by Gasteiger charge is -2.06. The number of hydrogen-bond acceptors (Lipinski definition) is 3. The lowest BCUT2D eigenvalue weighted by molar-refractivity contribution is 1.15. The number of hydrogen-bond donors (Lipinski definition) is 1. The molecular formula is C11H8BrCl2N3. The predicted octanol–water partition coefficient (Wildman–Crippen LogP) is 4.60. The molecule has 0 fully saturated rings. The zero-order valence-corrected chi connectivity index (χ0v) is 11.9. The van der Waals surface area contributed by atoms with Crippen LogP contribution in [0.1, 0.15) is 5.56 Å². The third-order valence-electron chi connectivity index (χ3n) is 2.00. The fourth-order valence-corrected chi connectivity index (χ4v) is 1.95. The number of aromatic nitrogens is 2. The molecule has 0 aliphatic heterocycles. The van der Waals surface area contributed by atoms with E-state index in [1.165, 1.54) is 0 Å². The van der Waals surface area contributed by atoms with Crippen molar-refractivity contribution in [1.29, 1.82) is 0 Å². The molecule has 0 spiro atoms. The van der Waals surface area contributed by atoms with Crippen LogP contribution in [0, 0.1) is 6.92 Å². The van der Waals surface area contributed by atoms with Gasteiger partial charge >= 0.3 is 0 Å². The van der Waals surface area contributed by atoms with Crippen molar-refractivity contribution in [3.63, 3.8) is 0 Å². The van der Waals surface area contributed by atoms with Gasteiger partial charge in [-0.15, -0.1) is 0 Å². The average Bonchev–Trinajstić information content (AvgIpc) is 2.22. The molecule has 3 nitrogen and oxygen atoms in total. The summed E-state index contributed by atoms with van der Waals surface area (Å²) >= 11 is 15.1. The SMILES string of the molecule is Cc1cc(Cl)cc(Nc2ncc(Br)c(Cl)n2)c1. The molecule has 88 valence electrons. The van der Waals surface area contributed by atoms with Crippen LogP contribution < -0.4 is 5.32 Å². The molecule has 0 unspecified atom stereocenters. The summed E-state index contributed by atoms with van der Waals surface area (Å²) in [6.45, 7) is 1.96. The summed E-state index contributed by atoms with van der Waals surface area (Å²) in [7, 11) is 0. The monoisotopic (exact) mass is 331 g/mol. The molecule has 0 bridgehead atoms. The fraction of sp³-hybridized carbons (Fsp3) is 0.0909. The van der Waals surface area contributed by atoms with Crippen molar-refractivity contribution in [2.24, 2.45) is 0 Å². The van der Waals surface area contributed by atoms with Gasteiger partial charge in [0.15, 0.2) is 0 Å². The average molecular weight is 333 g/mol. The predicted molar refractivity (Wildman–Crippen MR) is 74.2 cm³/mol. The summed E-state index contributed by atoms with van der Waals surface area (Å²) in [6, 6.07) is 5.63. The van der Waals surface area contributed by atoms with E-state index in [0.717, 1.165) is 11.3 Å². The summed E-state index contributed by atoms with van der Waals surface area (Å²) in [4.78, 5) is 8.18. The Morgan fingerprint density at radius 3 is 2.65 bits per heavy atom. The van der Waals surface area contributed by atoms with Gasteiger partial charge in [-0.2, -0.15) is 4.98 Å². The van der Waals surface area contributed by atoms with Crippen molar-refractivity contribution >= 4 is 50.8 Å². The first kappa shape index (κ1) is 12.6. The minimum Gasteiger partial charge on any atom is -0.324 e. The number of halogens is 3. The highest BCUT2D eigenvalue weighted by atomic mass is 79.9. The van der Waals surface area contributed by atoms with Crippen LogP contribution in [0.15, 0.2) is 28.9 Å². The van der Waals surface area contributed by atoms with Crippen LogP contribution in [0.25, 0.3) is 0 Å². The molecule has 1 heterocycles. The van der Waals surface area contributed by atoms with Crippen LogP contribution in [-0.4, -0.2) is 9.97 Å². The van der Waals surface area contributed by atoms with Crippen molar-refractivity contribution in [1.82, 2.24) is 9.97 Å². The number of anilines is 2. The summed E-state index contributed by atoms with van der Waals surface area (Å²) in [5, 5.41) is 4.07. The fourth-order valence-electron chi connectivity index (χ4n) is 1.34. The van der Waals surface area contributed by atoms with E-state index in [1.807, 2.05) is 19.1 Å². The summed E-state index contributed by atoms with van der Waals surface area (Å²) < 4.78 is 0.659. The van der Waals surface area contributed by atoms with Gasteiger partial charge in [-0.3, -0.25) is 0 Å². The second-order valence-electron chi connectivity index (χ2n) is 3.47. The van der Waals surface area contributed by atoms with Crippen molar-refractivity contribution in [2.45, 2.75) is 6.92 Å². The van der Waals surface area contributed by atoms with E-state index in [4.69, 9.17) is 23.2 Å². The Balaban J connectivity index is 2.28. The Labute approximate surface area is 117 Å². The van der Waals surface area contributed by atoms with Crippen LogP contribution in [0.5, 0.6) is 0 Å². The standard InChI is InChI=1S/C11H8BrCl2N3/c1-6-2-7(13)4-8(3-6)16-11-15-5-9(12)10(14)17-11/h2-5H,1H3,(H,15,16,17). The van der Waals surface area contributed by atoms with Crippen molar-refractivity contribution in [3.05, 3.63) is 44.6 Å². The van der Waals surface area contributed by atoms with Crippen molar-refractivity contribution in [3.8, 4) is 0 Å². The molecule has 0 aliphatic rings. The van der Waals surface area contributed by atoms with Crippen LogP contribution >= 0.6 is 39.1 Å². The molecule has 1 N–H and O–H groups in total. The minimum absolute atomic E-state index is 0.362. The molecule has 2 rings (SSSR count). The Hall–Kier alpha value is -0.840. The summed E-state index contributed by atoms with van der Waals surface area (Å²) in [6.07, 6.45) is 1.59. The molecular weight excluding hydrogens is 325 g/mol. The summed E-state index contributed by atoms with van der Waals surface area (Å²) in [5.74, 6) is 0.430. The molecule has 0 aliphatic carbocycles. The highest BCUT2D eigenvalue weighted by molar-refractivity contribution is 9.10. The molecule has 17 heavy (non-hydrogen) atoms. The van der Waals surface area contributed by atoms with E-state index in [9.17, 15) is 0 Å². The molecule has 0 amide bonds. The molecule has 0 saturated heterocycles. The zero-order valence-electron chi connectivity index (χ0n) is 8.84. The maximum atomic E-state index is 5.96. The van der Waals surface area contributed by atoms with Gasteiger partial charge in [0.2, 0.25) is 5.95 Å². The highest BCUT2D eigenvalue weighted by Gasteiger charge is 2.03. The maximum Gasteiger partial charge on any atom is 0.228 e. The Morgan fingerprint density at radius 2 is 2.00 bits per heavy atom. The van der Waals surface area contributed by atoms with Crippen LogP contribution in [-0.2, 0) is 0 Å². The van der Waals surface area contributed by atoms with Gasteiger partial charge in [0.1, 0.15) is 5.15 Å². The Bertz CT molecular complexity index is 540. The Morgan fingerprint density at radius 1 is 1.24 bits per heavy atom. The van der Waals surface area contributed by atoms with Crippen LogP contribution in [0.3, 0.4) is 0 Å². The summed E-state index contributed by atoms with van der Waals surface area (Å²) in [5.41, 5.74) is 1.89. The lowest BCUT2D eigenvalue weighted by Crippen LogP contribution is -1.97. The van der Waals surface area contributed by atoms with Gasteiger partial charge in [-0.1, -0.05) is 23.2 Å². The lowest BCUT2D eigenvalue weighted by atomic mass is 10.2. The number of aryl methyl sites for hydroxylation is 1. The largest absolute Gasteiger partial charge is 0.324 e. The minimum atomic E-state index is 0.362. The van der Waals surface area contributed by atoms with E-state index >= 15 is 0 Å². The second-order valence-corrected chi connectivity index (χ2v) is 5.12. The van der Waals surface area contributed by atoms with Gasteiger partial charge in [0, 0.05) is 16.9 Å². The van der Waals surface area contributed by atoms with Crippen molar-refractivity contribution in [2.75, 3.05) is 5.32 Å². The number of nitrogens with one attached hydrogen (secondary N) is 1. The topological polar surface area (TPSA) is 37.8 Å². The smallest absolute Gasteiger partial charge is 0.228 e. The second kappa shape index (κ2) is 5.21. The first-order valence-electron chi connectivity index (χ1n) is 4.77. The maximum absolute atomic E-state index is 5.96. The Kier molecular flexibility index (Phi) is 3.86. The van der Waals surface area contributed by atoms with E-state index in [0.29, 0.717) is 20.6 Å². The first-order valence-corrected chi connectivity index (χ1v) is 6.32. The molecule has 0 saturated carbocycles. The normalized spacial score (nSPS) is 10.4. The molecule has 1 aromatic carbocycles. The zero-order chi connectivity index (χ0) is 12.4. The number of nitrogens with zero attached hydrogens (tertiary/aromatic N) is 2. The molecule has 6 heteroatoms. The van der Waals surface area contributed by atoms with Gasteiger partial charge in [-0.25, -0.2) is 4.98 Å². The van der Waals surface area contributed by atoms with E-state index in [2.05, 4.69) is 31.2 Å². The van der Waals surface area contributed by atoms with E-state index in [-0.39, 0.29) is 0 Å².